The van der Waals surface area contributed by atoms with Crippen molar-refractivity contribution in [2.24, 2.45) is 0 Å². The third kappa shape index (κ3) is 4.91. The van der Waals surface area contributed by atoms with E-state index >= 15 is 0 Å². The molecule has 0 spiro atoms. The Hall–Kier alpha value is -0.370. The Morgan fingerprint density at radius 3 is 3.00 bits per heavy atom. The summed E-state index contributed by atoms with van der Waals surface area (Å²) in [5, 5.41) is 7.75. The molecule has 2 rings (SSSR count). The second-order valence-corrected chi connectivity index (χ2v) is 5.96. The van der Waals surface area contributed by atoms with Crippen molar-refractivity contribution in [2.75, 3.05) is 13.1 Å². The van der Waals surface area contributed by atoms with Crippen molar-refractivity contribution in [3.05, 3.63) is 16.3 Å². The SMILES string of the molecule is Cl.O=C(N[C@H]1CCCNC1)c1sccc1SC(F)F. The normalized spacial score (nSPS) is 19.0. The molecule has 1 saturated heterocycles. The van der Waals surface area contributed by atoms with Gasteiger partial charge in [-0.2, -0.15) is 8.78 Å². The maximum Gasteiger partial charge on any atom is 0.288 e. The summed E-state index contributed by atoms with van der Waals surface area (Å²) in [5.74, 6) is -2.75. The number of carbonyl (C=O) groups is 1. The molecular weight excluding hydrogens is 314 g/mol. The van der Waals surface area contributed by atoms with Crippen molar-refractivity contribution < 1.29 is 13.6 Å². The van der Waals surface area contributed by atoms with Crippen molar-refractivity contribution in [3.63, 3.8) is 0 Å². The molecule has 0 bridgehead atoms. The lowest BCUT2D eigenvalue weighted by molar-refractivity contribution is 0.0932. The van der Waals surface area contributed by atoms with E-state index in [2.05, 4.69) is 10.6 Å². The van der Waals surface area contributed by atoms with E-state index in [1.807, 2.05) is 0 Å². The molecule has 1 aliphatic heterocycles. The Morgan fingerprint density at radius 1 is 1.58 bits per heavy atom. The zero-order chi connectivity index (χ0) is 13.0. The zero-order valence-corrected chi connectivity index (χ0v) is 12.5. The summed E-state index contributed by atoms with van der Waals surface area (Å²) in [5.41, 5.74) is 0. The highest BCUT2D eigenvalue weighted by Gasteiger charge is 2.20. The second kappa shape index (κ2) is 8.04. The number of hydrogen-bond donors (Lipinski definition) is 2. The molecule has 1 aromatic heterocycles. The number of piperidine rings is 1. The van der Waals surface area contributed by atoms with Crippen LogP contribution in [0.3, 0.4) is 0 Å². The smallest absolute Gasteiger partial charge is 0.288 e. The van der Waals surface area contributed by atoms with Gasteiger partial charge < -0.3 is 10.6 Å². The predicted octanol–water partition coefficient (Wildman–Crippen LogP) is 2.97. The maximum atomic E-state index is 12.3. The van der Waals surface area contributed by atoms with E-state index in [4.69, 9.17) is 0 Å². The second-order valence-electron chi connectivity index (χ2n) is 4.01. The van der Waals surface area contributed by atoms with Crippen LogP contribution in [0.5, 0.6) is 0 Å². The van der Waals surface area contributed by atoms with Gasteiger partial charge in [0.05, 0.1) is 0 Å². The average Bonchev–Trinajstić information content (AvgIpc) is 2.77. The number of amides is 1. The summed E-state index contributed by atoms with van der Waals surface area (Å²) < 4.78 is 24.7. The Bertz CT molecular complexity index is 411. The average molecular weight is 329 g/mol. The predicted molar refractivity (Wildman–Crippen MR) is 76.8 cm³/mol. The van der Waals surface area contributed by atoms with Gasteiger partial charge >= 0.3 is 0 Å². The minimum absolute atomic E-state index is 0. The van der Waals surface area contributed by atoms with Crippen molar-refractivity contribution in [1.29, 1.82) is 0 Å². The molecule has 2 heterocycles. The molecule has 0 saturated carbocycles. The molecule has 2 N–H and O–H groups in total. The molecule has 1 atom stereocenters. The largest absolute Gasteiger partial charge is 0.347 e. The van der Waals surface area contributed by atoms with E-state index in [-0.39, 0.29) is 24.4 Å². The van der Waals surface area contributed by atoms with Gasteiger partial charge in [0.2, 0.25) is 0 Å². The highest BCUT2D eigenvalue weighted by Crippen LogP contribution is 2.31. The fourth-order valence-electron chi connectivity index (χ4n) is 1.88. The van der Waals surface area contributed by atoms with Crippen molar-refractivity contribution in [1.82, 2.24) is 10.6 Å². The van der Waals surface area contributed by atoms with E-state index in [1.165, 1.54) is 11.3 Å². The van der Waals surface area contributed by atoms with Gasteiger partial charge in [-0.1, -0.05) is 11.8 Å². The number of thiophene rings is 1. The van der Waals surface area contributed by atoms with Gasteiger partial charge in [-0.3, -0.25) is 4.79 Å². The highest BCUT2D eigenvalue weighted by atomic mass is 35.5. The van der Waals surface area contributed by atoms with E-state index in [9.17, 15) is 13.6 Å². The van der Waals surface area contributed by atoms with E-state index in [1.54, 1.807) is 11.4 Å². The van der Waals surface area contributed by atoms with Gasteiger partial charge in [0.25, 0.3) is 11.7 Å². The number of hydrogen-bond acceptors (Lipinski definition) is 4. The molecule has 1 aromatic rings. The standard InChI is InChI=1S/C11H14F2N2OS2.ClH/c12-11(13)18-8-3-5-17-9(8)10(16)15-7-2-1-4-14-6-7;/h3,5,7,11,14H,1-2,4,6H2,(H,15,16);1H/t7-;/m0./s1. The number of thioether (sulfide) groups is 1. The van der Waals surface area contributed by atoms with Crippen molar-refractivity contribution >= 4 is 41.4 Å². The molecule has 0 radical (unpaired) electrons. The first kappa shape index (κ1) is 16.7. The zero-order valence-electron chi connectivity index (χ0n) is 10.0. The van der Waals surface area contributed by atoms with Crippen LogP contribution in [0.4, 0.5) is 8.78 Å². The van der Waals surface area contributed by atoms with Crippen LogP contribution in [0.25, 0.3) is 0 Å². The lowest BCUT2D eigenvalue weighted by Gasteiger charge is -2.23. The topological polar surface area (TPSA) is 41.1 Å². The Balaban J connectivity index is 0.00000180. The van der Waals surface area contributed by atoms with Crippen LogP contribution in [0, 0.1) is 0 Å². The summed E-state index contributed by atoms with van der Waals surface area (Å²) in [4.78, 5) is 12.7. The van der Waals surface area contributed by atoms with Gasteiger partial charge in [-0.15, -0.1) is 23.7 Å². The van der Waals surface area contributed by atoms with Crippen LogP contribution < -0.4 is 10.6 Å². The number of rotatable bonds is 4. The lowest BCUT2D eigenvalue weighted by Crippen LogP contribution is -2.45. The fraction of sp³-hybridized carbons (Fsp3) is 0.545. The molecule has 8 heteroatoms. The first-order chi connectivity index (χ1) is 8.66. The van der Waals surface area contributed by atoms with Gasteiger partial charge in [-0.05, 0) is 30.8 Å². The first-order valence-electron chi connectivity index (χ1n) is 5.70. The monoisotopic (exact) mass is 328 g/mol. The summed E-state index contributed by atoms with van der Waals surface area (Å²) in [6, 6.07) is 1.66. The molecule has 3 nitrogen and oxygen atoms in total. The van der Waals surface area contributed by atoms with Gasteiger partial charge in [0, 0.05) is 17.5 Å². The Labute approximate surface area is 124 Å². The number of carbonyl (C=O) groups excluding carboxylic acids is 1. The van der Waals surface area contributed by atoms with Crippen LogP contribution in [0.15, 0.2) is 16.3 Å². The maximum absolute atomic E-state index is 12.3. The Morgan fingerprint density at radius 2 is 2.37 bits per heavy atom. The summed E-state index contributed by atoms with van der Waals surface area (Å²) in [7, 11) is 0. The van der Waals surface area contributed by atoms with Crippen molar-refractivity contribution in [2.45, 2.75) is 29.5 Å². The quantitative estimate of drug-likeness (QED) is 0.835. The molecule has 1 aliphatic rings. The minimum atomic E-state index is -2.50. The molecule has 19 heavy (non-hydrogen) atoms. The van der Waals surface area contributed by atoms with Crippen molar-refractivity contribution in [3.8, 4) is 0 Å². The Kier molecular flexibility index (Phi) is 7.06. The van der Waals surface area contributed by atoms with Gasteiger partial charge in [0.1, 0.15) is 4.88 Å². The third-order valence-electron chi connectivity index (χ3n) is 2.68. The first-order valence-corrected chi connectivity index (χ1v) is 7.46. The van der Waals surface area contributed by atoms with E-state index < -0.39 is 5.76 Å². The van der Waals surface area contributed by atoms with Gasteiger partial charge in [-0.25, -0.2) is 0 Å². The third-order valence-corrected chi connectivity index (χ3v) is 4.50. The molecule has 1 amide bonds. The number of alkyl halides is 2. The molecule has 108 valence electrons. The molecule has 0 unspecified atom stereocenters. The number of halogens is 3. The summed E-state index contributed by atoms with van der Waals surface area (Å²) >= 11 is 1.62. The van der Waals surface area contributed by atoms with Crippen LogP contribution in [0.2, 0.25) is 0 Å². The fourth-order valence-corrected chi connectivity index (χ4v) is 3.48. The van der Waals surface area contributed by atoms with E-state index in [0.717, 1.165) is 25.9 Å². The molecule has 0 aromatic carbocycles. The van der Waals surface area contributed by atoms with E-state index in [0.29, 0.717) is 21.5 Å². The number of nitrogens with one attached hydrogen (secondary N) is 2. The highest BCUT2D eigenvalue weighted by molar-refractivity contribution is 7.99. The molecular formula is C11H15ClF2N2OS2. The van der Waals surface area contributed by atoms with Crippen LogP contribution in [0.1, 0.15) is 22.5 Å². The lowest BCUT2D eigenvalue weighted by atomic mass is 10.1. The minimum Gasteiger partial charge on any atom is -0.347 e. The molecule has 1 fully saturated rings. The van der Waals surface area contributed by atoms with Gasteiger partial charge in [0.15, 0.2) is 0 Å². The van der Waals surface area contributed by atoms with Crippen LogP contribution in [-0.2, 0) is 0 Å². The van der Waals surface area contributed by atoms with Crippen LogP contribution >= 0.6 is 35.5 Å². The summed E-state index contributed by atoms with van der Waals surface area (Å²) in [6.07, 6.45) is 1.95. The molecule has 0 aliphatic carbocycles. The van der Waals surface area contributed by atoms with Crippen LogP contribution in [-0.4, -0.2) is 30.8 Å². The summed E-state index contributed by atoms with van der Waals surface area (Å²) in [6.45, 7) is 1.71.